The van der Waals surface area contributed by atoms with Crippen LogP contribution in [-0.2, 0) is 4.74 Å². The summed E-state index contributed by atoms with van der Waals surface area (Å²) in [5, 5.41) is 0. The summed E-state index contributed by atoms with van der Waals surface area (Å²) in [4.78, 5) is 6.62. The maximum atomic E-state index is 12.9. The average molecular weight is 263 g/mol. The topological polar surface area (TPSA) is 50.8 Å². The number of ether oxygens (including phenoxy) is 1. The number of nitrogens with two attached hydrogens (primary N) is 1. The number of hydrogen-bond donors (Lipinski definition) is 1. The number of morpholine rings is 1. The minimum Gasteiger partial charge on any atom is -0.378 e. The highest BCUT2D eigenvalue weighted by molar-refractivity contribution is 5.78. The van der Waals surface area contributed by atoms with Crippen molar-refractivity contribution in [1.29, 1.82) is 0 Å². The predicted molar refractivity (Wildman–Crippen MR) is 71.6 cm³/mol. The van der Waals surface area contributed by atoms with E-state index in [1.165, 1.54) is 12.1 Å². The van der Waals surface area contributed by atoms with Crippen LogP contribution in [0.4, 0.5) is 4.39 Å². The van der Waals surface area contributed by atoms with Crippen molar-refractivity contribution in [3.63, 3.8) is 0 Å². The van der Waals surface area contributed by atoms with E-state index >= 15 is 0 Å². The molecule has 1 aromatic carbocycles. The summed E-state index contributed by atoms with van der Waals surface area (Å²) in [5.41, 5.74) is 7.16. The van der Waals surface area contributed by atoms with Crippen LogP contribution in [0, 0.1) is 5.82 Å². The average Bonchev–Trinajstić information content (AvgIpc) is 3.20. The third-order valence-corrected chi connectivity index (χ3v) is 3.69. The molecule has 1 heterocycles. The molecule has 1 aromatic rings. The Balaban J connectivity index is 1.61. The number of hydrogen-bond acceptors (Lipinski definition) is 2. The molecule has 0 amide bonds. The number of rotatable bonds is 2. The van der Waals surface area contributed by atoms with Crippen LogP contribution in [-0.4, -0.2) is 43.2 Å². The lowest BCUT2D eigenvalue weighted by molar-refractivity contribution is 0.0674. The van der Waals surface area contributed by atoms with Gasteiger partial charge in [-0.25, -0.2) is 9.38 Å². The van der Waals surface area contributed by atoms with Crippen molar-refractivity contribution in [3.8, 4) is 0 Å². The van der Waals surface area contributed by atoms with Crippen LogP contribution in [0.15, 0.2) is 29.3 Å². The first kappa shape index (κ1) is 12.4. The third kappa shape index (κ3) is 2.87. The number of benzene rings is 1. The molecule has 0 spiro atoms. The Bertz CT molecular complexity index is 468. The maximum absolute atomic E-state index is 12.9. The third-order valence-electron chi connectivity index (χ3n) is 3.69. The number of aliphatic imine (C=N–C) groups is 1. The summed E-state index contributed by atoms with van der Waals surface area (Å²) < 4.78 is 18.1. The lowest BCUT2D eigenvalue weighted by Crippen LogP contribution is -2.45. The second-order valence-electron chi connectivity index (χ2n) is 5.05. The van der Waals surface area contributed by atoms with E-state index in [2.05, 4.69) is 9.89 Å². The smallest absolute Gasteiger partial charge is 0.191 e. The molecule has 5 heteroatoms. The van der Waals surface area contributed by atoms with Crippen LogP contribution in [0.3, 0.4) is 0 Å². The Labute approximate surface area is 112 Å². The van der Waals surface area contributed by atoms with E-state index in [0.717, 1.165) is 25.1 Å². The van der Waals surface area contributed by atoms with Crippen molar-refractivity contribution in [2.45, 2.75) is 18.4 Å². The molecule has 102 valence electrons. The van der Waals surface area contributed by atoms with Gasteiger partial charge in [0.25, 0.3) is 0 Å². The molecule has 2 fully saturated rings. The van der Waals surface area contributed by atoms with Gasteiger partial charge in [-0.3, -0.25) is 0 Å². The van der Waals surface area contributed by atoms with Gasteiger partial charge in [-0.1, -0.05) is 12.1 Å². The Hall–Kier alpha value is -1.62. The lowest BCUT2D eigenvalue weighted by Gasteiger charge is -2.27. The van der Waals surface area contributed by atoms with Crippen LogP contribution in [0.1, 0.15) is 17.9 Å². The van der Waals surface area contributed by atoms with Gasteiger partial charge in [0.2, 0.25) is 0 Å². The summed E-state index contributed by atoms with van der Waals surface area (Å²) in [7, 11) is 0. The quantitative estimate of drug-likeness (QED) is 0.647. The molecule has 0 aromatic heterocycles. The molecule has 3 rings (SSSR count). The zero-order valence-corrected chi connectivity index (χ0v) is 10.8. The van der Waals surface area contributed by atoms with Gasteiger partial charge in [-0.05, 0) is 24.1 Å². The second kappa shape index (κ2) is 5.17. The van der Waals surface area contributed by atoms with Crippen molar-refractivity contribution < 1.29 is 9.13 Å². The van der Waals surface area contributed by atoms with Crippen molar-refractivity contribution in [2.75, 3.05) is 26.3 Å². The van der Waals surface area contributed by atoms with Crippen molar-refractivity contribution in [3.05, 3.63) is 35.6 Å². The largest absolute Gasteiger partial charge is 0.378 e. The van der Waals surface area contributed by atoms with Gasteiger partial charge < -0.3 is 15.4 Å². The van der Waals surface area contributed by atoms with E-state index in [1.54, 1.807) is 0 Å². The normalized spacial score (nSPS) is 27.4. The predicted octanol–water partition coefficient (Wildman–Crippen LogP) is 1.33. The Morgan fingerprint density at radius 1 is 1.26 bits per heavy atom. The van der Waals surface area contributed by atoms with E-state index in [9.17, 15) is 4.39 Å². The molecule has 0 radical (unpaired) electrons. The number of halogens is 1. The van der Waals surface area contributed by atoms with Crippen LogP contribution >= 0.6 is 0 Å². The van der Waals surface area contributed by atoms with Gasteiger partial charge >= 0.3 is 0 Å². The van der Waals surface area contributed by atoms with Gasteiger partial charge in [0.1, 0.15) is 5.82 Å². The van der Waals surface area contributed by atoms with Gasteiger partial charge in [-0.2, -0.15) is 0 Å². The Kier molecular flexibility index (Phi) is 3.38. The zero-order valence-electron chi connectivity index (χ0n) is 10.8. The fourth-order valence-electron chi connectivity index (χ4n) is 2.44. The highest BCUT2D eigenvalue weighted by Gasteiger charge is 2.38. The van der Waals surface area contributed by atoms with Gasteiger partial charge in [0.05, 0.1) is 19.3 Å². The molecule has 1 aliphatic carbocycles. The number of guanidine groups is 1. The van der Waals surface area contributed by atoms with E-state index < -0.39 is 0 Å². The lowest BCUT2D eigenvalue weighted by atomic mass is 10.1. The van der Waals surface area contributed by atoms with Gasteiger partial charge in [0.15, 0.2) is 5.96 Å². The maximum Gasteiger partial charge on any atom is 0.191 e. The molecule has 4 nitrogen and oxygen atoms in total. The van der Waals surface area contributed by atoms with Gasteiger partial charge in [-0.15, -0.1) is 0 Å². The van der Waals surface area contributed by atoms with Crippen molar-refractivity contribution in [2.24, 2.45) is 10.7 Å². The first-order valence-corrected chi connectivity index (χ1v) is 6.65. The van der Waals surface area contributed by atoms with Crippen molar-refractivity contribution in [1.82, 2.24) is 4.90 Å². The summed E-state index contributed by atoms with van der Waals surface area (Å²) >= 11 is 0. The standard InChI is InChI=1S/C14H18FN3O/c15-11-3-1-10(2-4-11)12-9-13(12)17-14(16)18-5-7-19-8-6-18/h1-4,12-13H,5-9H2,(H2,16,17)/t12-,13+/m0/s1. The first-order chi connectivity index (χ1) is 9.24. The van der Waals surface area contributed by atoms with E-state index in [0.29, 0.717) is 25.1 Å². The number of nitrogens with zero attached hydrogens (tertiary/aromatic N) is 2. The second-order valence-corrected chi connectivity index (χ2v) is 5.05. The van der Waals surface area contributed by atoms with E-state index in [-0.39, 0.29) is 11.9 Å². The summed E-state index contributed by atoms with van der Waals surface area (Å²) in [6.45, 7) is 3.04. The van der Waals surface area contributed by atoms with Crippen LogP contribution < -0.4 is 5.73 Å². The minimum absolute atomic E-state index is 0.197. The minimum atomic E-state index is -0.197. The molecular weight excluding hydrogens is 245 g/mol. The fourth-order valence-corrected chi connectivity index (χ4v) is 2.44. The van der Waals surface area contributed by atoms with E-state index in [1.807, 2.05) is 12.1 Å². The molecule has 0 bridgehead atoms. The summed E-state index contributed by atoms with van der Waals surface area (Å²) in [5.74, 6) is 0.801. The van der Waals surface area contributed by atoms with Crippen LogP contribution in [0.5, 0.6) is 0 Å². The molecule has 1 saturated carbocycles. The monoisotopic (exact) mass is 263 g/mol. The van der Waals surface area contributed by atoms with Crippen LogP contribution in [0.2, 0.25) is 0 Å². The molecular formula is C14H18FN3O. The molecule has 1 saturated heterocycles. The molecule has 1 aliphatic heterocycles. The van der Waals surface area contributed by atoms with Crippen LogP contribution in [0.25, 0.3) is 0 Å². The highest BCUT2D eigenvalue weighted by Crippen LogP contribution is 2.43. The zero-order chi connectivity index (χ0) is 13.2. The summed E-state index contributed by atoms with van der Waals surface area (Å²) in [6.07, 6.45) is 0.997. The molecule has 2 atom stereocenters. The first-order valence-electron chi connectivity index (χ1n) is 6.65. The highest BCUT2D eigenvalue weighted by atomic mass is 19.1. The van der Waals surface area contributed by atoms with E-state index in [4.69, 9.17) is 10.5 Å². The molecule has 19 heavy (non-hydrogen) atoms. The molecule has 2 N–H and O–H groups in total. The molecule has 2 aliphatic rings. The fraction of sp³-hybridized carbons (Fsp3) is 0.500. The molecule has 0 unspecified atom stereocenters. The Morgan fingerprint density at radius 3 is 2.63 bits per heavy atom. The van der Waals surface area contributed by atoms with Gasteiger partial charge in [0, 0.05) is 19.0 Å². The Morgan fingerprint density at radius 2 is 1.95 bits per heavy atom. The van der Waals surface area contributed by atoms with Crippen molar-refractivity contribution >= 4 is 5.96 Å². The SMILES string of the molecule is NC(=N[C@@H]1C[C@H]1c1ccc(F)cc1)N1CCOCC1. The summed E-state index contributed by atoms with van der Waals surface area (Å²) in [6, 6.07) is 6.91.